The molecule has 5 rings (SSSR count). The number of allylic oxidation sites excluding steroid dienone is 1. The molecule has 0 spiro atoms. The molecular formula is C31H33N5OS. The van der Waals surface area contributed by atoms with E-state index in [4.69, 9.17) is 10.1 Å². The van der Waals surface area contributed by atoms with E-state index in [1.807, 2.05) is 55.8 Å². The highest BCUT2D eigenvalue weighted by Gasteiger charge is 2.34. The smallest absolute Gasteiger partial charge is 0.255 e. The molecule has 6 nitrogen and oxygen atoms in total. The van der Waals surface area contributed by atoms with Crippen molar-refractivity contribution in [3.8, 4) is 0 Å². The molecule has 0 saturated carbocycles. The van der Waals surface area contributed by atoms with Crippen LogP contribution in [0.3, 0.4) is 0 Å². The maximum atomic E-state index is 13.8. The molecule has 194 valence electrons. The van der Waals surface area contributed by atoms with Gasteiger partial charge in [0.2, 0.25) is 11.1 Å². The first-order valence-electron chi connectivity index (χ1n) is 12.9. The van der Waals surface area contributed by atoms with Crippen LogP contribution in [0.15, 0.2) is 89.2 Å². The Balaban J connectivity index is 1.51. The number of carbonyl (C=O) groups excluding carboxylic acids is 1. The molecular weight excluding hydrogens is 490 g/mol. The molecule has 2 N–H and O–H groups in total. The van der Waals surface area contributed by atoms with Gasteiger partial charge in [-0.3, -0.25) is 4.79 Å². The van der Waals surface area contributed by atoms with Gasteiger partial charge in [0, 0.05) is 17.1 Å². The average Bonchev–Trinajstić information content (AvgIpc) is 3.31. The minimum absolute atomic E-state index is 0.153. The summed E-state index contributed by atoms with van der Waals surface area (Å²) >= 11 is 1.59. The fourth-order valence-electron chi connectivity index (χ4n) is 4.72. The minimum Gasteiger partial charge on any atom is -0.328 e. The zero-order valence-corrected chi connectivity index (χ0v) is 23.3. The minimum atomic E-state index is -0.406. The van der Waals surface area contributed by atoms with E-state index in [9.17, 15) is 4.79 Å². The molecule has 0 aliphatic carbocycles. The normalized spacial score (nSPS) is 14.8. The maximum Gasteiger partial charge on any atom is 0.255 e. The van der Waals surface area contributed by atoms with Gasteiger partial charge in [0.05, 0.1) is 5.57 Å². The third kappa shape index (κ3) is 5.38. The third-order valence-corrected chi connectivity index (χ3v) is 7.75. The number of rotatable bonds is 7. The summed E-state index contributed by atoms with van der Waals surface area (Å²) in [5.74, 6) is 1.67. The Hall–Kier alpha value is -3.84. The monoisotopic (exact) mass is 523 g/mol. The number of anilines is 2. The second-order valence-corrected chi connectivity index (χ2v) is 11.0. The van der Waals surface area contributed by atoms with E-state index in [-0.39, 0.29) is 5.91 Å². The van der Waals surface area contributed by atoms with Gasteiger partial charge in [0.1, 0.15) is 6.04 Å². The first-order valence-corrected chi connectivity index (χ1v) is 13.9. The largest absolute Gasteiger partial charge is 0.328 e. The third-order valence-electron chi connectivity index (χ3n) is 6.84. The van der Waals surface area contributed by atoms with Crippen LogP contribution in [0.5, 0.6) is 0 Å². The van der Waals surface area contributed by atoms with E-state index in [0.29, 0.717) is 22.6 Å². The Labute approximate surface area is 228 Å². The van der Waals surface area contributed by atoms with Gasteiger partial charge in [-0.15, -0.1) is 5.10 Å². The van der Waals surface area contributed by atoms with Crippen molar-refractivity contribution in [1.82, 2.24) is 14.8 Å². The van der Waals surface area contributed by atoms with Crippen molar-refractivity contribution in [2.45, 2.75) is 57.5 Å². The molecule has 1 amide bonds. The van der Waals surface area contributed by atoms with Crippen LogP contribution in [0, 0.1) is 13.8 Å². The van der Waals surface area contributed by atoms with Crippen molar-refractivity contribution in [1.29, 1.82) is 0 Å². The van der Waals surface area contributed by atoms with Crippen molar-refractivity contribution in [2.75, 3.05) is 10.6 Å². The fourth-order valence-corrected chi connectivity index (χ4v) is 5.51. The lowest BCUT2D eigenvalue weighted by atomic mass is 9.92. The van der Waals surface area contributed by atoms with E-state index >= 15 is 0 Å². The molecule has 0 bridgehead atoms. The standard InChI is InChI=1S/C31H33N5OS/c1-19(2)24-12-14-25(15-13-24)28-27(29(37)33-26-16-11-20(3)17-21(26)4)22(5)32-30-34-31(35-36(28)30)38-18-23-9-7-6-8-10-23/h6-17,19,28H,18H2,1-5H3,(H,33,37)(H,32,34,35)/t28-/m0/s1. The highest BCUT2D eigenvalue weighted by Crippen LogP contribution is 2.37. The van der Waals surface area contributed by atoms with E-state index in [0.717, 1.165) is 33.8 Å². The Morgan fingerprint density at radius 2 is 1.76 bits per heavy atom. The molecule has 0 radical (unpaired) electrons. The lowest BCUT2D eigenvalue weighted by Gasteiger charge is -2.29. The average molecular weight is 524 g/mol. The number of thioether (sulfide) groups is 1. The summed E-state index contributed by atoms with van der Waals surface area (Å²) < 4.78 is 1.85. The summed E-state index contributed by atoms with van der Waals surface area (Å²) in [4.78, 5) is 18.6. The second kappa shape index (κ2) is 10.9. The molecule has 1 aliphatic rings. The number of carbonyl (C=O) groups is 1. The van der Waals surface area contributed by atoms with E-state index in [2.05, 4.69) is 66.9 Å². The van der Waals surface area contributed by atoms with Gasteiger partial charge in [-0.2, -0.15) is 4.98 Å². The molecule has 0 fully saturated rings. The van der Waals surface area contributed by atoms with Crippen LogP contribution in [0.25, 0.3) is 0 Å². The van der Waals surface area contributed by atoms with Crippen molar-refractivity contribution in [3.05, 3.63) is 112 Å². The fraction of sp³-hybridized carbons (Fsp3) is 0.258. The SMILES string of the molecule is CC1=C(C(=O)Nc2ccc(C)cc2C)[C@H](c2ccc(C(C)C)cc2)n2nc(SCc3ccccc3)nc2N1. The summed E-state index contributed by atoms with van der Waals surface area (Å²) in [5.41, 5.74) is 7.84. The zero-order valence-electron chi connectivity index (χ0n) is 22.4. The van der Waals surface area contributed by atoms with Gasteiger partial charge in [-0.05, 0) is 55.0 Å². The van der Waals surface area contributed by atoms with E-state index in [1.54, 1.807) is 11.8 Å². The summed E-state index contributed by atoms with van der Waals surface area (Å²) in [7, 11) is 0. The summed E-state index contributed by atoms with van der Waals surface area (Å²) in [6.45, 7) is 10.3. The molecule has 7 heteroatoms. The first kappa shape index (κ1) is 25.8. The Bertz CT molecular complexity index is 1490. The zero-order chi connectivity index (χ0) is 26.8. The van der Waals surface area contributed by atoms with Crippen LogP contribution in [0.1, 0.15) is 60.5 Å². The van der Waals surface area contributed by atoms with E-state index < -0.39 is 6.04 Å². The summed E-state index contributed by atoms with van der Waals surface area (Å²) in [5, 5.41) is 12.0. The van der Waals surface area contributed by atoms with Crippen molar-refractivity contribution >= 4 is 29.3 Å². The summed E-state index contributed by atoms with van der Waals surface area (Å²) in [6, 6.07) is 24.4. The quantitative estimate of drug-likeness (QED) is 0.250. The topological polar surface area (TPSA) is 71.8 Å². The number of nitrogens with one attached hydrogen (secondary N) is 2. The Morgan fingerprint density at radius 3 is 2.45 bits per heavy atom. The van der Waals surface area contributed by atoms with Crippen LogP contribution >= 0.6 is 11.8 Å². The Morgan fingerprint density at radius 1 is 1.03 bits per heavy atom. The van der Waals surface area contributed by atoms with Gasteiger partial charge < -0.3 is 10.6 Å². The number of nitrogens with zero attached hydrogens (tertiary/aromatic N) is 3. The molecule has 1 aliphatic heterocycles. The number of hydrogen-bond donors (Lipinski definition) is 2. The van der Waals surface area contributed by atoms with Gasteiger partial charge in [-0.25, -0.2) is 4.68 Å². The molecule has 38 heavy (non-hydrogen) atoms. The maximum absolute atomic E-state index is 13.8. The first-order chi connectivity index (χ1) is 18.3. The highest BCUT2D eigenvalue weighted by atomic mass is 32.2. The van der Waals surface area contributed by atoms with Crippen LogP contribution in [0.2, 0.25) is 0 Å². The van der Waals surface area contributed by atoms with Crippen LogP contribution in [-0.4, -0.2) is 20.7 Å². The number of aromatic nitrogens is 3. The Kier molecular flexibility index (Phi) is 7.38. The lowest BCUT2D eigenvalue weighted by molar-refractivity contribution is -0.113. The number of amides is 1. The van der Waals surface area contributed by atoms with Crippen LogP contribution < -0.4 is 10.6 Å². The van der Waals surface area contributed by atoms with Crippen molar-refractivity contribution < 1.29 is 4.79 Å². The van der Waals surface area contributed by atoms with Gasteiger partial charge in [0.15, 0.2) is 0 Å². The number of hydrogen-bond acceptors (Lipinski definition) is 5. The summed E-state index contributed by atoms with van der Waals surface area (Å²) in [6.07, 6.45) is 0. The van der Waals surface area contributed by atoms with Crippen LogP contribution in [0.4, 0.5) is 11.6 Å². The van der Waals surface area contributed by atoms with E-state index in [1.165, 1.54) is 11.1 Å². The van der Waals surface area contributed by atoms with Crippen molar-refractivity contribution in [2.24, 2.45) is 0 Å². The van der Waals surface area contributed by atoms with Crippen molar-refractivity contribution in [3.63, 3.8) is 0 Å². The molecule has 1 atom stereocenters. The molecule has 3 aromatic carbocycles. The molecule has 0 unspecified atom stereocenters. The number of benzene rings is 3. The predicted octanol–water partition coefficient (Wildman–Crippen LogP) is 7.24. The second-order valence-electron chi connectivity index (χ2n) is 10.1. The lowest BCUT2D eigenvalue weighted by Crippen LogP contribution is -2.31. The number of aryl methyl sites for hydroxylation is 2. The van der Waals surface area contributed by atoms with Gasteiger partial charge in [-0.1, -0.05) is 97.9 Å². The predicted molar refractivity (Wildman–Crippen MR) is 156 cm³/mol. The molecule has 2 heterocycles. The highest BCUT2D eigenvalue weighted by molar-refractivity contribution is 7.98. The molecule has 4 aromatic rings. The molecule has 1 aromatic heterocycles. The number of fused-ring (bicyclic) bond motifs is 1. The molecule has 0 saturated heterocycles. The van der Waals surface area contributed by atoms with Crippen LogP contribution in [-0.2, 0) is 10.5 Å². The van der Waals surface area contributed by atoms with Gasteiger partial charge in [0.25, 0.3) is 5.91 Å². The van der Waals surface area contributed by atoms with Gasteiger partial charge >= 0.3 is 0 Å².